The molecule has 1 heterocycles. The Morgan fingerprint density at radius 3 is 2.63 bits per heavy atom. The Balaban J connectivity index is 2.37. The molecule has 2 rings (SSSR count). The van der Waals surface area contributed by atoms with Gasteiger partial charge in [0, 0.05) is 17.8 Å². The van der Waals surface area contributed by atoms with Gasteiger partial charge >= 0.3 is 5.97 Å². The smallest absolute Gasteiger partial charge is 0.352 e. The molecule has 1 aromatic rings. The van der Waals surface area contributed by atoms with Gasteiger partial charge in [0.2, 0.25) is 0 Å². The number of Topliss-reactive ketones (excluding diaryl/α,β-unsaturated/α-hetero) is 1. The van der Waals surface area contributed by atoms with E-state index in [1.54, 1.807) is 10.8 Å². The summed E-state index contributed by atoms with van der Waals surface area (Å²) >= 11 is 0. The van der Waals surface area contributed by atoms with Gasteiger partial charge in [-0.1, -0.05) is 20.3 Å². The van der Waals surface area contributed by atoms with Crippen LogP contribution in [-0.2, 0) is 0 Å². The second-order valence-electron chi connectivity index (χ2n) is 6.30. The standard InChI is InChI=1S/C15H21NO3/c1-10(17)11-7-13(14(18)19)16(9-11)12-5-4-6-15(2,3)8-12/h7,9,12H,4-6,8H2,1-3H3,(H,18,19). The van der Waals surface area contributed by atoms with E-state index < -0.39 is 5.97 Å². The van der Waals surface area contributed by atoms with E-state index in [2.05, 4.69) is 13.8 Å². The maximum atomic E-state index is 11.4. The third-order valence-corrected chi connectivity index (χ3v) is 4.05. The third kappa shape index (κ3) is 2.88. The van der Waals surface area contributed by atoms with Crippen molar-refractivity contribution in [1.29, 1.82) is 0 Å². The second kappa shape index (κ2) is 4.83. The zero-order valence-electron chi connectivity index (χ0n) is 11.8. The van der Waals surface area contributed by atoms with E-state index >= 15 is 0 Å². The van der Waals surface area contributed by atoms with Crippen LogP contribution in [0.5, 0.6) is 0 Å². The van der Waals surface area contributed by atoms with Crippen LogP contribution in [0.3, 0.4) is 0 Å². The first kappa shape index (κ1) is 13.8. The summed E-state index contributed by atoms with van der Waals surface area (Å²) in [6, 6.07) is 1.68. The quantitative estimate of drug-likeness (QED) is 0.849. The first-order valence-corrected chi connectivity index (χ1v) is 6.76. The molecular weight excluding hydrogens is 242 g/mol. The molecule has 0 bridgehead atoms. The number of carboxylic acids is 1. The largest absolute Gasteiger partial charge is 0.477 e. The van der Waals surface area contributed by atoms with Gasteiger partial charge in [0.05, 0.1) is 0 Å². The number of nitrogens with zero attached hydrogens (tertiary/aromatic N) is 1. The lowest BCUT2D eigenvalue weighted by molar-refractivity contribution is 0.0675. The minimum Gasteiger partial charge on any atom is -0.477 e. The Hall–Kier alpha value is -1.58. The summed E-state index contributed by atoms with van der Waals surface area (Å²) in [6.45, 7) is 5.90. The zero-order chi connectivity index (χ0) is 14.2. The summed E-state index contributed by atoms with van der Waals surface area (Å²) in [7, 11) is 0. The van der Waals surface area contributed by atoms with Crippen molar-refractivity contribution < 1.29 is 14.7 Å². The third-order valence-electron chi connectivity index (χ3n) is 4.05. The van der Waals surface area contributed by atoms with Crippen LogP contribution >= 0.6 is 0 Å². The van der Waals surface area contributed by atoms with Crippen molar-refractivity contribution in [1.82, 2.24) is 4.57 Å². The highest BCUT2D eigenvalue weighted by atomic mass is 16.4. The average molecular weight is 263 g/mol. The molecule has 1 N–H and O–H groups in total. The molecule has 1 fully saturated rings. The van der Waals surface area contributed by atoms with Crippen LogP contribution in [0.15, 0.2) is 12.3 Å². The van der Waals surface area contributed by atoms with E-state index in [1.807, 2.05) is 0 Å². The number of carbonyl (C=O) groups is 2. The number of carbonyl (C=O) groups excluding carboxylic acids is 1. The van der Waals surface area contributed by atoms with E-state index in [9.17, 15) is 14.7 Å². The van der Waals surface area contributed by atoms with Gasteiger partial charge in [-0.3, -0.25) is 4.79 Å². The van der Waals surface area contributed by atoms with Gasteiger partial charge in [-0.2, -0.15) is 0 Å². The van der Waals surface area contributed by atoms with Crippen LogP contribution < -0.4 is 0 Å². The van der Waals surface area contributed by atoms with Crippen molar-refractivity contribution in [3.8, 4) is 0 Å². The molecule has 1 aromatic heterocycles. The Morgan fingerprint density at radius 1 is 1.42 bits per heavy atom. The van der Waals surface area contributed by atoms with Crippen LogP contribution in [0.2, 0.25) is 0 Å². The molecule has 4 nitrogen and oxygen atoms in total. The molecule has 1 aliphatic carbocycles. The fourth-order valence-electron chi connectivity index (χ4n) is 3.04. The fraction of sp³-hybridized carbons (Fsp3) is 0.600. The zero-order valence-corrected chi connectivity index (χ0v) is 11.8. The lowest BCUT2D eigenvalue weighted by atomic mass is 9.75. The fourth-order valence-corrected chi connectivity index (χ4v) is 3.04. The van der Waals surface area contributed by atoms with Crippen LogP contribution in [-0.4, -0.2) is 21.4 Å². The lowest BCUT2D eigenvalue weighted by Crippen LogP contribution is -2.26. The Kier molecular flexibility index (Phi) is 3.52. The van der Waals surface area contributed by atoms with Crippen molar-refractivity contribution in [2.45, 2.75) is 52.5 Å². The SMILES string of the molecule is CC(=O)c1cc(C(=O)O)n(C2CCCC(C)(C)C2)c1. The summed E-state index contributed by atoms with van der Waals surface area (Å²) in [5.41, 5.74) is 0.952. The van der Waals surface area contributed by atoms with Crippen LogP contribution in [0.25, 0.3) is 0 Å². The van der Waals surface area contributed by atoms with Gasteiger partial charge in [0.1, 0.15) is 5.69 Å². The summed E-state index contributed by atoms with van der Waals surface area (Å²) in [6.07, 6.45) is 5.92. The Bertz CT molecular complexity index is 513. The van der Waals surface area contributed by atoms with Crippen molar-refractivity contribution in [3.05, 3.63) is 23.5 Å². The van der Waals surface area contributed by atoms with Crippen LogP contribution in [0, 0.1) is 5.41 Å². The molecular formula is C15H21NO3. The number of ketones is 1. The first-order valence-electron chi connectivity index (χ1n) is 6.76. The van der Waals surface area contributed by atoms with E-state index in [4.69, 9.17) is 0 Å². The molecule has 1 aliphatic rings. The summed E-state index contributed by atoms with van der Waals surface area (Å²) in [5.74, 6) is -1.05. The minimum absolute atomic E-state index is 0.0867. The van der Waals surface area contributed by atoms with E-state index in [1.165, 1.54) is 19.4 Å². The molecule has 4 heteroatoms. The molecule has 1 atom stereocenters. The molecule has 1 unspecified atom stereocenters. The highest BCUT2D eigenvalue weighted by Crippen LogP contribution is 2.41. The number of aromatic carboxylic acids is 1. The predicted molar refractivity (Wildman–Crippen MR) is 72.7 cm³/mol. The van der Waals surface area contributed by atoms with Crippen molar-refractivity contribution >= 4 is 11.8 Å². The average Bonchev–Trinajstić information content (AvgIpc) is 2.72. The molecule has 1 saturated carbocycles. The maximum Gasteiger partial charge on any atom is 0.352 e. The number of carboxylic acid groups (broad SMARTS) is 1. The molecule has 0 aromatic carbocycles. The van der Waals surface area contributed by atoms with E-state index in [0.29, 0.717) is 5.56 Å². The van der Waals surface area contributed by atoms with Crippen LogP contribution in [0.4, 0.5) is 0 Å². The van der Waals surface area contributed by atoms with E-state index in [-0.39, 0.29) is 22.9 Å². The second-order valence-corrected chi connectivity index (χ2v) is 6.30. The number of aromatic nitrogens is 1. The van der Waals surface area contributed by atoms with E-state index in [0.717, 1.165) is 19.3 Å². The predicted octanol–water partition coefficient (Wildman–Crippen LogP) is 3.53. The normalized spacial score (nSPS) is 22.2. The Morgan fingerprint density at radius 2 is 2.11 bits per heavy atom. The van der Waals surface area contributed by atoms with Crippen molar-refractivity contribution in [2.24, 2.45) is 5.41 Å². The van der Waals surface area contributed by atoms with Gasteiger partial charge in [0.25, 0.3) is 0 Å². The molecule has 0 aliphatic heterocycles. The number of hydrogen-bond donors (Lipinski definition) is 1. The number of rotatable bonds is 3. The highest BCUT2D eigenvalue weighted by Gasteiger charge is 2.31. The van der Waals surface area contributed by atoms with Crippen LogP contribution in [0.1, 0.15) is 73.3 Å². The molecule has 0 saturated heterocycles. The molecule has 104 valence electrons. The summed E-state index contributed by atoms with van der Waals surface area (Å²) in [4.78, 5) is 22.8. The monoisotopic (exact) mass is 263 g/mol. The minimum atomic E-state index is -0.962. The van der Waals surface area contributed by atoms with Gasteiger partial charge < -0.3 is 9.67 Å². The molecule has 19 heavy (non-hydrogen) atoms. The summed E-state index contributed by atoms with van der Waals surface area (Å²) in [5, 5.41) is 9.29. The summed E-state index contributed by atoms with van der Waals surface area (Å²) < 4.78 is 1.79. The van der Waals surface area contributed by atoms with Gasteiger partial charge in [-0.15, -0.1) is 0 Å². The van der Waals surface area contributed by atoms with Gasteiger partial charge in [-0.05, 0) is 37.7 Å². The highest BCUT2D eigenvalue weighted by molar-refractivity contribution is 5.97. The maximum absolute atomic E-state index is 11.4. The molecule has 0 amide bonds. The first-order chi connectivity index (χ1) is 8.80. The van der Waals surface area contributed by atoms with Gasteiger partial charge in [0.15, 0.2) is 5.78 Å². The number of hydrogen-bond acceptors (Lipinski definition) is 2. The molecule has 0 radical (unpaired) electrons. The lowest BCUT2D eigenvalue weighted by Gasteiger charge is -2.36. The van der Waals surface area contributed by atoms with Crippen molar-refractivity contribution in [2.75, 3.05) is 0 Å². The molecule has 0 spiro atoms. The van der Waals surface area contributed by atoms with Crippen molar-refractivity contribution in [3.63, 3.8) is 0 Å². The topological polar surface area (TPSA) is 59.3 Å². The Labute approximate surface area is 113 Å². The van der Waals surface area contributed by atoms with Gasteiger partial charge in [-0.25, -0.2) is 4.79 Å².